The second kappa shape index (κ2) is 55.9. The molecule has 4 saturated heterocycles. The number of methoxy groups -OCH3 is 5. The van der Waals surface area contributed by atoms with Crippen molar-refractivity contribution in [1.29, 1.82) is 0 Å². The molecular formula is C113H170N2O26. The highest BCUT2D eigenvalue weighted by Crippen LogP contribution is 2.43. The largest absolute Gasteiger partial charge is 0.460 e. The molecule has 31 atom stereocenters. The fourth-order valence-corrected chi connectivity index (χ4v) is 21.8. The summed E-state index contributed by atoms with van der Waals surface area (Å²) < 4.78 is 66.7. The molecule has 4 unspecified atom stereocenters. The molecule has 3 aliphatic carbocycles. The lowest BCUT2D eigenvalue weighted by molar-refractivity contribution is -0.266. The van der Waals surface area contributed by atoms with Crippen molar-refractivity contribution in [2.45, 2.75) is 385 Å². The van der Waals surface area contributed by atoms with E-state index in [4.69, 9.17) is 52.1 Å². The zero-order valence-corrected chi connectivity index (χ0v) is 87.6. The Hall–Kier alpha value is -7.49. The van der Waals surface area contributed by atoms with E-state index < -0.39 is 156 Å². The predicted octanol–water partition coefficient (Wildman–Crippen LogP) is 15.6. The van der Waals surface area contributed by atoms with Gasteiger partial charge >= 0.3 is 11.9 Å². The number of cyclic esters (lactones) is 2. The van der Waals surface area contributed by atoms with Crippen molar-refractivity contribution in [1.82, 2.24) is 9.80 Å². The lowest BCUT2D eigenvalue weighted by Crippen LogP contribution is -2.61. The van der Waals surface area contributed by atoms with Gasteiger partial charge in [-0.05, 0) is 244 Å². The minimum absolute atomic E-state index is 0.00505. The van der Waals surface area contributed by atoms with Crippen LogP contribution in [0.2, 0.25) is 0 Å². The molecule has 0 radical (unpaired) electrons. The van der Waals surface area contributed by atoms with Gasteiger partial charge in [-0.15, -0.1) is 0 Å². The highest BCUT2D eigenvalue weighted by Gasteiger charge is 2.56. The minimum atomic E-state index is -2.49. The third-order valence-electron chi connectivity index (χ3n) is 31.4. The number of hydrogen-bond donors (Lipinski definition) is 6. The van der Waals surface area contributed by atoms with Gasteiger partial charge in [-0.2, -0.15) is 0 Å². The van der Waals surface area contributed by atoms with E-state index in [0.29, 0.717) is 120 Å². The van der Waals surface area contributed by atoms with E-state index in [9.17, 15) is 73.8 Å². The maximum atomic E-state index is 14.5. The molecule has 0 spiro atoms. The zero-order chi connectivity index (χ0) is 103. The van der Waals surface area contributed by atoms with Gasteiger partial charge in [0.1, 0.15) is 66.4 Å². The van der Waals surface area contributed by atoms with Crippen LogP contribution in [0.3, 0.4) is 0 Å². The van der Waals surface area contributed by atoms with Crippen molar-refractivity contribution in [2.24, 2.45) is 71.0 Å². The number of ketones is 5. The normalized spacial score (nSPS) is 38.3. The molecule has 141 heavy (non-hydrogen) atoms. The molecule has 1 aromatic carbocycles. The van der Waals surface area contributed by atoms with Crippen molar-refractivity contribution in [3.8, 4) is 0 Å². The lowest BCUT2D eigenvalue weighted by atomic mass is 9.78. The third kappa shape index (κ3) is 32.8. The van der Waals surface area contributed by atoms with E-state index in [1.807, 2.05) is 127 Å². The molecule has 9 aliphatic rings. The molecule has 1 aromatic rings. The van der Waals surface area contributed by atoms with Crippen LogP contribution in [-0.4, -0.2) is 264 Å². The number of amides is 2. The van der Waals surface area contributed by atoms with Gasteiger partial charge in [0.25, 0.3) is 23.4 Å². The second-order valence-electron chi connectivity index (χ2n) is 42.7. The molecule has 3 saturated carbocycles. The Morgan fingerprint density at radius 2 is 0.908 bits per heavy atom. The van der Waals surface area contributed by atoms with Crippen LogP contribution in [0.4, 0.5) is 0 Å². The molecule has 6 N–H and O–H groups in total. The van der Waals surface area contributed by atoms with Crippen molar-refractivity contribution in [3.63, 3.8) is 0 Å². The molecule has 788 valence electrons. The number of nitrogens with zero attached hydrogens (tertiary/aromatic N) is 2. The first-order valence-corrected chi connectivity index (χ1v) is 52.3. The zero-order valence-electron chi connectivity index (χ0n) is 87.6. The van der Waals surface area contributed by atoms with Crippen LogP contribution in [0.5, 0.6) is 0 Å². The summed E-state index contributed by atoms with van der Waals surface area (Å²) in [7, 11) is 7.69. The Balaban J connectivity index is 0.000000316. The summed E-state index contributed by atoms with van der Waals surface area (Å²) in [6.45, 7) is 30.8. The Kier molecular flexibility index (Phi) is 46.4. The van der Waals surface area contributed by atoms with Gasteiger partial charge in [0.15, 0.2) is 5.78 Å². The number of piperidine rings is 2. The molecule has 4 bridgehead atoms. The van der Waals surface area contributed by atoms with Gasteiger partial charge in [0.05, 0.1) is 61.5 Å². The van der Waals surface area contributed by atoms with Gasteiger partial charge in [0.2, 0.25) is 11.6 Å². The fraction of sp³-hybridized carbons (Fsp3) is 0.708. The summed E-state index contributed by atoms with van der Waals surface area (Å²) in [4.78, 5) is 131. The minimum Gasteiger partial charge on any atom is -0.460 e. The Morgan fingerprint density at radius 1 is 0.475 bits per heavy atom. The van der Waals surface area contributed by atoms with E-state index in [1.165, 1.54) is 16.9 Å². The van der Waals surface area contributed by atoms with Crippen LogP contribution in [0, 0.1) is 71.0 Å². The number of esters is 2. The van der Waals surface area contributed by atoms with Crippen LogP contribution in [0.25, 0.3) is 0 Å². The first kappa shape index (κ1) is 117. The van der Waals surface area contributed by atoms with Gasteiger partial charge in [-0.25, -0.2) is 9.59 Å². The van der Waals surface area contributed by atoms with Gasteiger partial charge < -0.3 is 92.5 Å². The van der Waals surface area contributed by atoms with Crippen LogP contribution < -0.4 is 0 Å². The van der Waals surface area contributed by atoms with Gasteiger partial charge in [0, 0.05) is 104 Å². The number of rotatable bonds is 17. The summed E-state index contributed by atoms with van der Waals surface area (Å²) >= 11 is 0. The van der Waals surface area contributed by atoms with E-state index >= 15 is 0 Å². The van der Waals surface area contributed by atoms with E-state index in [-0.39, 0.29) is 141 Å². The monoisotopic (exact) mass is 1970 g/mol. The molecule has 7 fully saturated rings. The Bertz CT molecular complexity index is 4530. The molecule has 28 nitrogen and oxygen atoms in total. The average Bonchev–Trinajstić information content (AvgIpc) is 1.23. The Labute approximate surface area is 838 Å². The second-order valence-corrected chi connectivity index (χ2v) is 42.7. The third-order valence-corrected chi connectivity index (χ3v) is 31.4. The van der Waals surface area contributed by atoms with Crippen LogP contribution in [0.1, 0.15) is 276 Å². The molecular weight excluding hydrogens is 1800 g/mol. The first-order valence-electron chi connectivity index (χ1n) is 52.3. The number of carbonyl (C=O) groups excluding carboxylic acids is 9. The van der Waals surface area contributed by atoms with E-state index in [2.05, 4.69) is 26.5 Å². The molecule has 6 aliphatic heterocycles. The molecule has 2 amide bonds. The number of aliphatic hydroxyl groups is 6. The summed E-state index contributed by atoms with van der Waals surface area (Å²) in [6, 6.07) is 7.42. The van der Waals surface area contributed by atoms with Gasteiger partial charge in [-0.3, -0.25) is 33.6 Å². The number of aliphatic hydroxyl groups excluding tert-OH is 4. The van der Waals surface area contributed by atoms with Crippen molar-refractivity contribution in [2.75, 3.05) is 55.2 Å². The number of benzene rings is 1. The van der Waals surface area contributed by atoms with Crippen LogP contribution in [0.15, 0.2) is 138 Å². The summed E-state index contributed by atoms with van der Waals surface area (Å²) in [5.41, 5.74) is 4.42. The van der Waals surface area contributed by atoms with Crippen LogP contribution >= 0.6 is 0 Å². The number of ether oxygens (including phenoxy) is 11. The average molecular weight is 1970 g/mol. The molecule has 10 rings (SSSR count). The standard InChI is InChI=1S/C59H87NO14.C54H83NO12/c1-36-19-13-11-14-20-37(2)49(72-35-52(70-9)44-21-15-12-16-22-44)33-45-26-24-42(7)59(68,74-45)56(65)57(66)60-28-18-17-23-46(60)58(67)73-50(39(4)31-43-25-27-47(61)51(32-43)69-8)34-48(62)38(3)30-41(6)54(64)55(71-10)53(63)40(5)29-36;1-32-16-12-11-13-17-33(2)46(65-41-22-23-41)30-42-21-19-38(7)54(62,67-42)51(59)52(60)55-25-15-14-18-43(55)53(61)66-47(36(5)28-40-20-24-44(56)48(29-40)63-9)31-45(57)35(4)27-37(6)49(58)50(64-10)39(8)34(3)26-32/h11-16,19-22,30,36,38-40,42-43,45-47,49-52,54-55,61,64,68H,17-18,23-29,31-35H2,1-10H3;11-13,16-17,27,32,34-36,38,40-44,46-50,56,58,62H,8,14-15,18-26,28-31H2,1-7,9-10H3/b14-11?,19-13+,37-20?,41-30+;13-11+,16-12+,33-17+,37-27+/t36-,38-,39-,40-,42-,43+,45+,46?,47-,49?,50+,51-,52-,54-,55+,59-;32-,34-,35-,36-,38-,40+,42+,43?,44-,46?,47+,48-,49-,50+,54-/m11/s1. The molecule has 0 aromatic heterocycles. The maximum absolute atomic E-state index is 14.5. The van der Waals surface area contributed by atoms with Crippen molar-refractivity contribution < 1.29 is 126 Å². The SMILES string of the molecule is C=C1[C@H](C)C[C@H](C)/C=C/C=C/C=C(\C)C(OC2CC2)C[C@@H]2CC[C@@H](C)[C@@](O)(O2)C(=O)C(=O)N2CCCCC2C(=O)O[C@H]([C@H](C)C[C@@H]2CC[C@@H](O)[C@H](OC)C2)CC(=O)[C@H](C)/C=C(\C)[C@@H](O)[C@H]1OC.CO[C@H](COC1C[C@@H]2CC[C@@H](C)[C@@](O)(O2)C(=O)C(=O)N2CCCCC2C(=O)O[C@H]([C@H](C)C[C@@H]2CC[C@@H](O)[C@H](OC)C2)CC(=O)[C@H](C)/C=C(\C)[C@@H](O)[C@@H](OC)C(=O)[C@H](C)C[C@H](C)/C=C/C=CC=C1C)c1ccccc1. The number of fused-ring (bicyclic) bond motifs is 6. The number of Topliss-reactive ketones (excluding diaryl/α,β-unsaturated/α-hetero) is 5. The topological polar surface area (TPSA) is 383 Å². The summed E-state index contributed by atoms with van der Waals surface area (Å²) in [6.07, 6.45) is 25.6. The number of allylic oxidation sites excluding steroid dienone is 12. The molecule has 6 heterocycles. The predicted molar refractivity (Wildman–Crippen MR) is 537 cm³/mol. The highest BCUT2D eigenvalue weighted by atomic mass is 16.6. The maximum Gasteiger partial charge on any atom is 0.329 e. The van der Waals surface area contributed by atoms with E-state index in [0.717, 1.165) is 48.0 Å². The van der Waals surface area contributed by atoms with Crippen molar-refractivity contribution in [3.05, 3.63) is 143 Å². The summed E-state index contributed by atoms with van der Waals surface area (Å²) in [5.74, 6) is -15.0. The fourth-order valence-electron chi connectivity index (χ4n) is 21.8. The highest BCUT2D eigenvalue weighted by molar-refractivity contribution is 6.39. The molecule has 28 heteroatoms. The number of hydrogen-bond acceptors (Lipinski definition) is 26. The first-order chi connectivity index (χ1) is 67.0. The number of carbonyl (C=O) groups is 9. The van der Waals surface area contributed by atoms with Crippen molar-refractivity contribution >= 4 is 52.7 Å². The quantitative estimate of drug-likeness (QED) is 0.0479. The van der Waals surface area contributed by atoms with Gasteiger partial charge in [-0.1, -0.05) is 179 Å². The Morgan fingerprint density at radius 3 is 1.34 bits per heavy atom. The lowest BCUT2D eigenvalue weighted by Gasteiger charge is -2.43. The smallest absolute Gasteiger partial charge is 0.329 e. The van der Waals surface area contributed by atoms with E-state index in [1.54, 1.807) is 82.1 Å². The summed E-state index contributed by atoms with van der Waals surface area (Å²) in [5, 5.41) is 68.5. The van der Waals surface area contributed by atoms with Crippen LogP contribution in [-0.2, 0) is 95.3 Å².